The third-order valence-electron chi connectivity index (χ3n) is 3.06. The van der Waals surface area contributed by atoms with Crippen molar-refractivity contribution >= 4 is 22.7 Å². The van der Waals surface area contributed by atoms with Crippen molar-refractivity contribution in [2.75, 3.05) is 12.4 Å². The van der Waals surface area contributed by atoms with Gasteiger partial charge in [0, 0.05) is 17.1 Å². The molecule has 7 nitrogen and oxygen atoms in total. The van der Waals surface area contributed by atoms with E-state index in [0.29, 0.717) is 16.3 Å². The van der Waals surface area contributed by atoms with E-state index in [1.54, 1.807) is 24.3 Å². The van der Waals surface area contributed by atoms with Crippen LogP contribution in [0.4, 0.5) is 23.8 Å². The SMILES string of the molecule is COC(=O)Nc1cc2cc(-c3noc(C(F)(F)F)n3)ccc2cn1. The molecule has 0 saturated carbocycles. The number of aromatic nitrogens is 3. The van der Waals surface area contributed by atoms with Crippen LogP contribution in [0.1, 0.15) is 5.89 Å². The van der Waals surface area contributed by atoms with Gasteiger partial charge in [0.15, 0.2) is 0 Å². The quantitative estimate of drug-likeness (QED) is 0.769. The molecule has 3 rings (SSSR count). The molecule has 1 N–H and O–H groups in total. The standard InChI is InChI=1S/C14H9F3N4O3/c1-23-13(22)19-10-5-9-4-7(2-3-8(9)6-18-10)11-20-12(24-21-11)14(15,16)17/h2-6H,1H3,(H,18,19,22). The fourth-order valence-electron chi connectivity index (χ4n) is 1.96. The molecule has 0 spiro atoms. The van der Waals surface area contributed by atoms with E-state index in [9.17, 15) is 18.0 Å². The Morgan fingerprint density at radius 2 is 2.04 bits per heavy atom. The Hall–Kier alpha value is -3.17. The van der Waals surface area contributed by atoms with Gasteiger partial charge in [0.1, 0.15) is 5.82 Å². The summed E-state index contributed by atoms with van der Waals surface area (Å²) in [6, 6.07) is 6.29. The van der Waals surface area contributed by atoms with E-state index < -0.39 is 18.2 Å². The summed E-state index contributed by atoms with van der Waals surface area (Å²) < 4.78 is 46.2. The van der Waals surface area contributed by atoms with Gasteiger partial charge in [-0.15, -0.1) is 0 Å². The number of nitrogens with zero attached hydrogens (tertiary/aromatic N) is 3. The van der Waals surface area contributed by atoms with Crippen molar-refractivity contribution in [3.63, 3.8) is 0 Å². The second-order valence-electron chi connectivity index (χ2n) is 4.67. The number of ether oxygens (including phenoxy) is 1. The number of nitrogens with one attached hydrogen (secondary N) is 1. The number of carbonyl (C=O) groups excluding carboxylic acids is 1. The lowest BCUT2D eigenvalue weighted by Gasteiger charge is -2.05. The fourth-order valence-corrected chi connectivity index (χ4v) is 1.96. The number of halogens is 3. The monoisotopic (exact) mass is 338 g/mol. The van der Waals surface area contributed by atoms with Gasteiger partial charge in [-0.1, -0.05) is 17.3 Å². The van der Waals surface area contributed by atoms with Gasteiger partial charge in [0.2, 0.25) is 5.82 Å². The average Bonchev–Trinajstić information content (AvgIpc) is 3.04. The van der Waals surface area contributed by atoms with E-state index >= 15 is 0 Å². The van der Waals surface area contributed by atoms with E-state index in [1.807, 2.05) is 0 Å². The van der Waals surface area contributed by atoms with Gasteiger partial charge in [-0.3, -0.25) is 5.32 Å². The van der Waals surface area contributed by atoms with Crippen molar-refractivity contribution in [3.8, 4) is 11.4 Å². The van der Waals surface area contributed by atoms with Gasteiger partial charge in [-0.2, -0.15) is 18.2 Å². The number of rotatable bonds is 2. The van der Waals surface area contributed by atoms with E-state index in [2.05, 4.69) is 29.7 Å². The molecule has 0 aliphatic rings. The molecule has 3 aromatic rings. The Morgan fingerprint density at radius 3 is 2.71 bits per heavy atom. The molecule has 0 unspecified atom stereocenters. The summed E-state index contributed by atoms with van der Waals surface area (Å²) in [6.07, 6.45) is -3.89. The lowest BCUT2D eigenvalue weighted by Crippen LogP contribution is -2.11. The maximum absolute atomic E-state index is 12.5. The third kappa shape index (κ3) is 3.12. The molecular formula is C14H9F3N4O3. The number of pyridine rings is 1. The number of hydrogen-bond donors (Lipinski definition) is 1. The summed E-state index contributed by atoms with van der Waals surface area (Å²) in [7, 11) is 1.21. The summed E-state index contributed by atoms with van der Waals surface area (Å²) >= 11 is 0. The Labute approximate surface area is 132 Å². The molecule has 124 valence electrons. The molecular weight excluding hydrogens is 329 g/mol. The molecule has 2 aromatic heterocycles. The predicted molar refractivity (Wildman–Crippen MR) is 76.1 cm³/mol. The van der Waals surface area contributed by atoms with Gasteiger partial charge in [0.25, 0.3) is 0 Å². The minimum absolute atomic E-state index is 0.191. The number of anilines is 1. The molecule has 0 fully saturated rings. The largest absolute Gasteiger partial charge is 0.471 e. The Bertz CT molecular complexity index is 908. The van der Waals surface area contributed by atoms with E-state index in [4.69, 9.17) is 0 Å². The Balaban J connectivity index is 1.97. The molecule has 2 heterocycles. The van der Waals surface area contributed by atoms with Gasteiger partial charge in [-0.05, 0) is 17.5 Å². The van der Waals surface area contributed by atoms with Crippen molar-refractivity contribution in [2.45, 2.75) is 6.18 Å². The van der Waals surface area contributed by atoms with Crippen LogP contribution in [0.2, 0.25) is 0 Å². The number of alkyl halides is 3. The number of fused-ring (bicyclic) bond motifs is 1. The van der Waals surface area contributed by atoms with E-state index in [1.165, 1.54) is 13.3 Å². The smallest absolute Gasteiger partial charge is 0.453 e. The zero-order valence-corrected chi connectivity index (χ0v) is 12.1. The third-order valence-corrected chi connectivity index (χ3v) is 3.06. The highest BCUT2D eigenvalue weighted by Gasteiger charge is 2.38. The molecule has 0 radical (unpaired) electrons. The summed E-state index contributed by atoms with van der Waals surface area (Å²) in [5.74, 6) is -1.38. The Morgan fingerprint density at radius 1 is 1.25 bits per heavy atom. The van der Waals surface area contributed by atoms with Crippen LogP contribution in [0.25, 0.3) is 22.2 Å². The summed E-state index contributed by atoms with van der Waals surface area (Å²) in [4.78, 5) is 18.5. The number of amides is 1. The highest BCUT2D eigenvalue weighted by atomic mass is 19.4. The first-order chi connectivity index (χ1) is 11.4. The number of hydrogen-bond acceptors (Lipinski definition) is 6. The van der Waals surface area contributed by atoms with Gasteiger partial charge in [-0.25, -0.2) is 9.78 Å². The summed E-state index contributed by atoms with van der Waals surface area (Å²) in [6.45, 7) is 0. The van der Waals surface area contributed by atoms with E-state index in [-0.39, 0.29) is 11.6 Å². The second kappa shape index (κ2) is 5.80. The Kier molecular flexibility index (Phi) is 3.80. The van der Waals surface area contributed by atoms with Gasteiger partial charge in [0.05, 0.1) is 7.11 Å². The number of methoxy groups -OCH3 is 1. The minimum atomic E-state index is -4.70. The maximum Gasteiger partial charge on any atom is 0.471 e. The maximum atomic E-state index is 12.5. The van der Waals surface area contributed by atoms with Crippen LogP contribution in [-0.2, 0) is 10.9 Å². The molecule has 0 aliphatic heterocycles. The van der Waals surface area contributed by atoms with Crippen LogP contribution in [0.5, 0.6) is 0 Å². The predicted octanol–water partition coefficient (Wildman–Crippen LogP) is 3.48. The van der Waals surface area contributed by atoms with Crippen molar-refractivity contribution in [3.05, 3.63) is 36.4 Å². The normalized spacial score (nSPS) is 11.5. The topological polar surface area (TPSA) is 90.1 Å². The van der Waals surface area contributed by atoms with Gasteiger partial charge < -0.3 is 9.26 Å². The zero-order chi connectivity index (χ0) is 17.3. The highest BCUT2D eigenvalue weighted by molar-refractivity contribution is 5.90. The summed E-state index contributed by atoms with van der Waals surface area (Å²) in [5.41, 5.74) is 0.331. The first-order valence-electron chi connectivity index (χ1n) is 6.53. The first-order valence-corrected chi connectivity index (χ1v) is 6.53. The zero-order valence-electron chi connectivity index (χ0n) is 12.1. The van der Waals surface area contributed by atoms with Crippen LogP contribution in [0.3, 0.4) is 0 Å². The van der Waals surface area contributed by atoms with Crippen LogP contribution in [-0.4, -0.2) is 28.3 Å². The van der Waals surface area contributed by atoms with Gasteiger partial charge >= 0.3 is 18.2 Å². The van der Waals surface area contributed by atoms with Crippen LogP contribution >= 0.6 is 0 Å². The van der Waals surface area contributed by atoms with Crippen molar-refractivity contribution < 1.29 is 27.2 Å². The molecule has 0 atom stereocenters. The minimum Gasteiger partial charge on any atom is -0.453 e. The van der Waals surface area contributed by atoms with Crippen LogP contribution in [0.15, 0.2) is 35.0 Å². The molecule has 1 aromatic carbocycles. The average molecular weight is 338 g/mol. The van der Waals surface area contributed by atoms with Crippen molar-refractivity contribution in [1.29, 1.82) is 0 Å². The van der Waals surface area contributed by atoms with Crippen molar-refractivity contribution in [1.82, 2.24) is 15.1 Å². The number of benzene rings is 1. The molecule has 0 saturated heterocycles. The fraction of sp³-hybridized carbons (Fsp3) is 0.143. The van der Waals surface area contributed by atoms with Crippen molar-refractivity contribution in [2.24, 2.45) is 0 Å². The number of carbonyl (C=O) groups is 1. The molecule has 24 heavy (non-hydrogen) atoms. The lowest BCUT2D eigenvalue weighted by atomic mass is 10.1. The molecule has 0 aliphatic carbocycles. The first kappa shape index (κ1) is 15.7. The highest BCUT2D eigenvalue weighted by Crippen LogP contribution is 2.30. The molecule has 0 bridgehead atoms. The second-order valence-corrected chi connectivity index (χ2v) is 4.67. The lowest BCUT2D eigenvalue weighted by molar-refractivity contribution is -0.159. The van der Waals surface area contributed by atoms with Crippen LogP contribution < -0.4 is 5.32 Å². The van der Waals surface area contributed by atoms with E-state index in [0.717, 1.165) is 0 Å². The summed E-state index contributed by atoms with van der Waals surface area (Å²) in [5, 5.41) is 7.06. The molecule has 10 heteroatoms. The van der Waals surface area contributed by atoms with Crippen LogP contribution in [0, 0.1) is 0 Å². The molecule has 1 amide bonds.